The second-order valence-corrected chi connectivity index (χ2v) is 8.13. The fourth-order valence-electron chi connectivity index (χ4n) is 3.83. The molecule has 1 aliphatic carbocycles. The highest BCUT2D eigenvalue weighted by atomic mass is 32.2. The molecule has 7 heteroatoms. The zero-order chi connectivity index (χ0) is 19.8. The highest BCUT2D eigenvalue weighted by Gasteiger charge is 2.23. The number of hydrogen-bond donors (Lipinski definition) is 2. The molecule has 6 nitrogen and oxygen atoms in total. The van der Waals surface area contributed by atoms with Crippen LogP contribution in [0.4, 0.5) is 0 Å². The van der Waals surface area contributed by atoms with Crippen molar-refractivity contribution in [2.45, 2.75) is 63.2 Å². The maximum atomic E-state index is 4.47. The molecule has 0 aliphatic heterocycles. The van der Waals surface area contributed by atoms with Gasteiger partial charge in [0.05, 0.1) is 0 Å². The highest BCUT2D eigenvalue weighted by molar-refractivity contribution is 7.98. The number of aliphatic imine (C=N–C) groups is 1. The van der Waals surface area contributed by atoms with Crippen molar-refractivity contribution in [1.29, 1.82) is 0 Å². The maximum absolute atomic E-state index is 4.47. The summed E-state index contributed by atoms with van der Waals surface area (Å²) in [7, 11) is 1.81. The molecule has 0 atom stereocenters. The van der Waals surface area contributed by atoms with Gasteiger partial charge in [-0.05, 0) is 38.0 Å². The smallest absolute Gasteiger partial charge is 0.191 e. The van der Waals surface area contributed by atoms with E-state index in [1.54, 1.807) is 11.8 Å². The third-order valence-corrected chi connectivity index (χ3v) is 5.89. The van der Waals surface area contributed by atoms with E-state index < -0.39 is 0 Å². The summed E-state index contributed by atoms with van der Waals surface area (Å²) < 4.78 is 2.39. The number of aryl methyl sites for hydroxylation is 2. The van der Waals surface area contributed by atoms with Gasteiger partial charge in [-0.2, -0.15) is 0 Å². The molecule has 1 aromatic heterocycles. The van der Waals surface area contributed by atoms with Crippen LogP contribution in [0.3, 0.4) is 0 Å². The van der Waals surface area contributed by atoms with E-state index in [2.05, 4.69) is 67.8 Å². The first kappa shape index (κ1) is 20.7. The predicted octanol–water partition coefficient (Wildman–Crippen LogP) is 3.72. The van der Waals surface area contributed by atoms with Crippen LogP contribution in [0.1, 0.15) is 55.1 Å². The summed E-state index contributed by atoms with van der Waals surface area (Å²) in [5.74, 6) is 1.96. The van der Waals surface area contributed by atoms with Gasteiger partial charge in [0.1, 0.15) is 5.82 Å². The molecule has 0 amide bonds. The van der Waals surface area contributed by atoms with Crippen LogP contribution in [0.15, 0.2) is 34.4 Å². The highest BCUT2D eigenvalue weighted by Crippen LogP contribution is 2.33. The number of thioether (sulfide) groups is 1. The Morgan fingerprint density at radius 1 is 1.25 bits per heavy atom. The molecule has 0 saturated heterocycles. The summed E-state index contributed by atoms with van der Waals surface area (Å²) >= 11 is 1.70. The average molecular weight is 401 g/mol. The molecule has 0 spiro atoms. The molecule has 3 rings (SSSR count). The summed E-state index contributed by atoms with van der Waals surface area (Å²) in [5.41, 5.74) is 2.54. The lowest BCUT2D eigenvalue weighted by Gasteiger charge is -2.16. The third-order valence-electron chi connectivity index (χ3n) is 5.24. The van der Waals surface area contributed by atoms with Gasteiger partial charge < -0.3 is 15.2 Å². The second-order valence-electron chi connectivity index (χ2n) is 7.36. The Kier molecular flexibility index (Phi) is 7.77. The topological polar surface area (TPSA) is 67.1 Å². The Balaban J connectivity index is 1.46. The van der Waals surface area contributed by atoms with Gasteiger partial charge >= 0.3 is 0 Å². The standard InChI is InChI=1S/C21H32N6S/c1-16-8-6-9-17(14-16)15-24-20(22-2)23-13-7-12-19-25-26-21(28-3)27(19)18-10-4-5-11-18/h6,8-9,14,18H,4-5,7,10-13,15H2,1-3H3,(H2,22,23,24). The number of aromatic nitrogens is 3. The quantitative estimate of drug-likeness (QED) is 0.306. The van der Waals surface area contributed by atoms with Crippen LogP contribution >= 0.6 is 11.8 Å². The zero-order valence-corrected chi connectivity index (χ0v) is 18.1. The molecular weight excluding hydrogens is 368 g/mol. The average Bonchev–Trinajstić information content (AvgIpc) is 3.36. The molecule has 0 bridgehead atoms. The van der Waals surface area contributed by atoms with Crippen molar-refractivity contribution in [3.05, 3.63) is 41.2 Å². The largest absolute Gasteiger partial charge is 0.356 e. The molecule has 0 radical (unpaired) electrons. The molecule has 1 heterocycles. The normalized spacial score (nSPS) is 15.2. The van der Waals surface area contributed by atoms with E-state index in [0.717, 1.165) is 42.9 Å². The van der Waals surface area contributed by atoms with Crippen LogP contribution in [-0.4, -0.2) is 40.6 Å². The van der Waals surface area contributed by atoms with Gasteiger partial charge in [0, 0.05) is 32.6 Å². The molecule has 2 N–H and O–H groups in total. The molecular formula is C21H32N6S. The van der Waals surface area contributed by atoms with Gasteiger partial charge in [-0.3, -0.25) is 4.99 Å². The zero-order valence-electron chi connectivity index (χ0n) is 17.2. The van der Waals surface area contributed by atoms with Crippen LogP contribution in [-0.2, 0) is 13.0 Å². The Labute approximate surface area is 172 Å². The van der Waals surface area contributed by atoms with Crippen molar-refractivity contribution in [3.8, 4) is 0 Å². The molecule has 152 valence electrons. The Morgan fingerprint density at radius 3 is 2.79 bits per heavy atom. The number of hydrogen-bond acceptors (Lipinski definition) is 4. The molecule has 0 unspecified atom stereocenters. The first-order chi connectivity index (χ1) is 13.7. The van der Waals surface area contributed by atoms with E-state index in [-0.39, 0.29) is 0 Å². The van der Waals surface area contributed by atoms with Gasteiger partial charge in [-0.15, -0.1) is 10.2 Å². The first-order valence-electron chi connectivity index (χ1n) is 10.2. The molecule has 1 aliphatic rings. The predicted molar refractivity (Wildman–Crippen MR) is 117 cm³/mol. The second kappa shape index (κ2) is 10.5. The summed E-state index contributed by atoms with van der Waals surface area (Å²) in [5, 5.41) is 16.7. The third kappa shape index (κ3) is 5.50. The van der Waals surface area contributed by atoms with Crippen molar-refractivity contribution < 1.29 is 0 Å². The van der Waals surface area contributed by atoms with Crippen molar-refractivity contribution >= 4 is 17.7 Å². The molecule has 1 saturated carbocycles. The first-order valence-corrected chi connectivity index (χ1v) is 11.4. The van der Waals surface area contributed by atoms with E-state index in [1.807, 2.05) is 7.05 Å². The number of nitrogens with zero attached hydrogens (tertiary/aromatic N) is 4. The van der Waals surface area contributed by atoms with E-state index in [0.29, 0.717) is 6.04 Å². The van der Waals surface area contributed by atoms with Crippen molar-refractivity contribution in [3.63, 3.8) is 0 Å². The minimum absolute atomic E-state index is 0.587. The van der Waals surface area contributed by atoms with E-state index >= 15 is 0 Å². The molecule has 2 aromatic rings. The Bertz CT molecular complexity index is 779. The van der Waals surface area contributed by atoms with Crippen LogP contribution in [0.5, 0.6) is 0 Å². The van der Waals surface area contributed by atoms with Gasteiger partial charge in [0.15, 0.2) is 11.1 Å². The molecule has 1 fully saturated rings. The van der Waals surface area contributed by atoms with Gasteiger partial charge in [0.2, 0.25) is 0 Å². The SMILES string of the molecule is CN=C(NCCCc1nnc(SC)n1C1CCCC1)NCc1cccc(C)c1. The number of rotatable bonds is 8. The summed E-state index contributed by atoms with van der Waals surface area (Å²) in [6.07, 6.45) is 9.18. The monoisotopic (exact) mass is 400 g/mol. The van der Waals surface area contributed by atoms with E-state index in [9.17, 15) is 0 Å². The lowest BCUT2D eigenvalue weighted by atomic mass is 10.1. The van der Waals surface area contributed by atoms with Crippen LogP contribution in [0.2, 0.25) is 0 Å². The Morgan fingerprint density at radius 2 is 2.07 bits per heavy atom. The van der Waals surface area contributed by atoms with Crippen molar-refractivity contribution in [1.82, 2.24) is 25.4 Å². The van der Waals surface area contributed by atoms with Crippen LogP contribution < -0.4 is 10.6 Å². The number of benzene rings is 1. The van der Waals surface area contributed by atoms with E-state index in [4.69, 9.17) is 0 Å². The fourth-order valence-corrected chi connectivity index (χ4v) is 4.40. The number of guanidine groups is 1. The maximum Gasteiger partial charge on any atom is 0.191 e. The lowest BCUT2D eigenvalue weighted by molar-refractivity contribution is 0.460. The number of nitrogens with one attached hydrogen (secondary N) is 2. The molecule has 1 aromatic carbocycles. The van der Waals surface area contributed by atoms with Crippen molar-refractivity contribution in [2.75, 3.05) is 19.8 Å². The van der Waals surface area contributed by atoms with Crippen LogP contribution in [0.25, 0.3) is 0 Å². The minimum atomic E-state index is 0.587. The summed E-state index contributed by atoms with van der Waals surface area (Å²) in [6, 6.07) is 9.12. The fraction of sp³-hybridized carbons (Fsp3) is 0.571. The lowest BCUT2D eigenvalue weighted by Crippen LogP contribution is -2.37. The minimum Gasteiger partial charge on any atom is -0.356 e. The van der Waals surface area contributed by atoms with E-state index in [1.165, 1.54) is 36.8 Å². The summed E-state index contributed by atoms with van der Waals surface area (Å²) in [6.45, 7) is 3.75. The summed E-state index contributed by atoms with van der Waals surface area (Å²) in [4.78, 5) is 4.33. The van der Waals surface area contributed by atoms with Gasteiger partial charge in [0.25, 0.3) is 0 Å². The Hall–Kier alpha value is -2.02. The van der Waals surface area contributed by atoms with Crippen LogP contribution in [0, 0.1) is 6.92 Å². The molecule has 28 heavy (non-hydrogen) atoms. The van der Waals surface area contributed by atoms with Gasteiger partial charge in [-0.1, -0.05) is 54.4 Å². The van der Waals surface area contributed by atoms with Crippen molar-refractivity contribution in [2.24, 2.45) is 4.99 Å². The van der Waals surface area contributed by atoms with Gasteiger partial charge in [-0.25, -0.2) is 0 Å².